The van der Waals surface area contributed by atoms with Crippen molar-refractivity contribution in [3.8, 4) is 0 Å². The molecule has 3 heteroatoms. The molecule has 0 aromatic rings. The van der Waals surface area contributed by atoms with Crippen molar-refractivity contribution in [2.75, 3.05) is 0 Å². The second kappa shape index (κ2) is 13.4. The van der Waals surface area contributed by atoms with Crippen molar-refractivity contribution in [1.82, 2.24) is 0 Å². The van der Waals surface area contributed by atoms with E-state index in [9.17, 15) is 0 Å². The van der Waals surface area contributed by atoms with E-state index in [1.54, 1.807) is 0 Å². The summed E-state index contributed by atoms with van der Waals surface area (Å²) < 4.78 is 0. The predicted molar refractivity (Wildman–Crippen MR) is 91.2 cm³/mol. The quantitative estimate of drug-likeness (QED) is 0.264. The van der Waals surface area contributed by atoms with E-state index in [0.717, 1.165) is 5.66 Å². The molecule has 0 heterocycles. The molecule has 0 saturated heterocycles. The molecule has 0 atom stereocenters. The molecular weight excluding hydrogens is 353 g/mol. The van der Waals surface area contributed by atoms with Gasteiger partial charge >= 0.3 is 27.7 Å². The van der Waals surface area contributed by atoms with Crippen molar-refractivity contribution in [2.45, 2.75) is 92.6 Å². The van der Waals surface area contributed by atoms with Crippen LogP contribution in [0.15, 0.2) is 0 Å². The summed E-state index contributed by atoms with van der Waals surface area (Å²) in [6.07, 6.45) is 2.00. The molecule has 0 saturated carbocycles. The molecule has 0 aliphatic heterocycles. The third-order valence-corrected chi connectivity index (χ3v) is 6.58. The molecule has 118 valence electrons. The fourth-order valence-electron chi connectivity index (χ4n) is 2.86. The third kappa shape index (κ3) is 15.4. The van der Waals surface area contributed by atoms with Crippen LogP contribution in [0.5, 0.6) is 0 Å². The van der Waals surface area contributed by atoms with Crippen molar-refractivity contribution in [3.05, 3.63) is 6.42 Å². The van der Waals surface area contributed by atoms with Crippen LogP contribution in [0, 0.1) is 6.42 Å². The van der Waals surface area contributed by atoms with Gasteiger partial charge in [0.2, 0.25) is 0 Å². The normalized spacial score (nSPS) is 11.1. The fourth-order valence-corrected chi connectivity index (χ4v) is 8.57. The van der Waals surface area contributed by atoms with E-state index in [2.05, 4.69) is 83.1 Å². The molecule has 0 aromatic heterocycles. The monoisotopic (exact) mass is 389 g/mol. The first-order valence-electron chi connectivity index (χ1n) is 6.22. The van der Waals surface area contributed by atoms with Crippen molar-refractivity contribution >= 4 is 17.5 Å². The molecule has 0 rings (SSSR count). The van der Waals surface area contributed by atoms with Gasteiger partial charge in [0.05, 0.1) is 16.0 Å². The molecule has 0 bridgehead atoms. The van der Waals surface area contributed by atoms with Gasteiger partial charge in [-0.3, -0.25) is 0 Å². The van der Waals surface area contributed by atoms with Crippen LogP contribution in [-0.2, 0) is 18.2 Å². The van der Waals surface area contributed by atoms with Gasteiger partial charge in [-0.05, 0) is 55.4 Å². The Morgan fingerprint density at radius 2 is 1.06 bits per heavy atom. The first-order valence-corrected chi connectivity index (χ1v) is 9.80. The van der Waals surface area contributed by atoms with Gasteiger partial charge in [-0.25, -0.2) is 0 Å². The Morgan fingerprint density at radius 1 is 0.889 bits per heavy atom. The molecule has 0 aromatic carbocycles. The van der Waals surface area contributed by atoms with Gasteiger partial charge in [-0.1, -0.05) is 7.43 Å². The summed E-state index contributed by atoms with van der Waals surface area (Å²) in [4.78, 5) is 0. The summed E-state index contributed by atoms with van der Waals surface area (Å²) in [7, 11) is 4.20. The van der Waals surface area contributed by atoms with Crippen LogP contribution in [-0.4, -0.2) is 16.0 Å². The molecule has 0 amide bonds. The van der Waals surface area contributed by atoms with Crippen LogP contribution >= 0.6 is 17.5 Å². The summed E-state index contributed by atoms with van der Waals surface area (Å²) >= 11 is 2.22. The molecule has 0 unspecified atom stereocenters. The fraction of sp³-hybridized carbons (Fsp3) is 0.933. The Labute approximate surface area is 134 Å². The minimum atomic E-state index is -0.293. The van der Waals surface area contributed by atoms with E-state index in [0.29, 0.717) is 10.3 Å². The minimum absolute atomic E-state index is 0. The third-order valence-electron chi connectivity index (χ3n) is 2.19. The molecule has 0 aliphatic carbocycles. The summed E-state index contributed by atoms with van der Waals surface area (Å²) in [5.41, 5.74) is 0.870. The van der Waals surface area contributed by atoms with Gasteiger partial charge in [-0.2, -0.15) is 13.8 Å². The summed E-state index contributed by atoms with van der Waals surface area (Å²) in [6.45, 7) is 23.1. The molecule has 0 aliphatic rings. The van der Waals surface area contributed by atoms with Gasteiger partial charge in [-0.15, -0.1) is 0 Å². The Balaban J connectivity index is -0.000000142. The second-order valence-corrected chi connectivity index (χ2v) is 11.6. The van der Waals surface area contributed by atoms with Crippen LogP contribution < -0.4 is 0 Å². The summed E-state index contributed by atoms with van der Waals surface area (Å²) in [5, 5.41) is 1.05. The SMILES string of the molecule is C.CC(C)[PH+](C(C)(C)C)C(C)(C)C.C[CH-]C.[Cl][Pd+]. The van der Waals surface area contributed by atoms with E-state index in [4.69, 9.17) is 0 Å². The number of hydrogen-bond donors (Lipinski definition) is 0. The van der Waals surface area contributed by atoms with Crippen molar-refractivity contribution in [1.29, 1.82) is 0 Å². The summed E-state index contributed by atoms with van der Waals surface area (Å²) in [5.74, 6) is 0. The Hall–Kier alpha value is 1.38. The van der Waals surface area contributed by atoms with Gasteiger partial charge in [0, 0.05) is 7.92 Å². The molecule has 0 spiro atoms. The van der Waals surface area contributed by atoms with Crippen molar-refractivity contribution in [2.24, 2.45) is 0 Å². The van der Waals surface area contributed by atoms with E-state index in [-0.39, 0.29) is 15.3 Å². The first kappa shape index (κ1) is 27.7. The van der Waals surface area contributed by atoms with Crippen LogP contribution in [0.2, 0.25) is 0 Å². The van der Waals surface area contributed by atoms with E-state index >= 15 is 0 Å². The maximum absolute atomic E-state index is 4.49. The number of hydrogen-bond acceptors (Lipinski definition) is 0. The zero-order valence-corrected chi connectivity index (χ0v) is 16.7. The average Bonchev–Trinajstić information content (AvgIpc) is 2.01. The Morgan fingerprint density at radius 3 is 1.06 bits per heavy atom. The molecule has 0 N–H and O–H groups in total. The van der Waals surface area contributed by atoms with Crippen LogP contribution in [0.25, 0.3) is 0 Å². The number of halogens is 1. The van der Waals surface area contributed by atoms with E-state index in [1.165, 1.54) is 0 Å². The average molecular weight is 390 g/mol. The zero-order chi connectivity index (χ0) is 14.9. The Bertz CT molecular complexity index is 143. The zero-order valence-electron chi connectivity index (χ0n) is 13.3. The molecular formula is C15H37ClPPd+. The van der Waals surface area contributed by atoms with Crippen LogP contribution in [0.3, 0.4) is 0 Å². The van der Waals surface area contributed by atoms with Gasteiger partial charge < -0.3 is 6.42 Å². The van der Waals surface area contributed by atoms with Gasteiger partial charge in [0.1, 0.15) is 0 Å². The standard InChI is InChI=1S/C11H25P.C3H7.CH4.ClH.Pd/c1-9(2)12(10(3,4)5)11(6,7)8;1-3-2;;;/h9H,1-8H3;3H,1-2H3;1H4;1H;/q;-1;;;+2. The van der Waals surface area contributed by atoms with Gasteiger partial charge in [0.25, 0.3) is 0 Å². The molecule has 18 heavy (non-hydrogen) atoms. The van der Waals surface area contributed by atoms with Crippen molar-refractivity contribution in [3.63, 3.8) is 0 Å². The molecule has 0 fully saturated rings. The summed E-state index contributed by atoms with van der Waals surface area (Å²) in [6, 6.07) is 0. The number of rotatable bonds is 1. The first-order chi connectivity index (χ1) is 7.48. The van der Waals surface area contributed by atoms with E-state index < -0.39 is 0 Å². The maximum atomic E-state index is 4.49. The predicted octanol–water partition coefficient (Wildman–Crippen LogP) is 6.76. The molecule has 0 nitrogen and oxygen atoms in total. The van der Waals surface area contributed by atoms with Gasteiger partial charge in [0.15, 0.2) is 0 Å². The van der Waals surface area contributed by atoms with Crippen LogP contribution in [0.1, 0.15) is 76.7 Å². The topological polar surface area (TPSA) is 0 Å². The Kier molecular flexibility index (Phi) is 20.6. The van der Waals surface area contributed by atoms with Crippen molar-refractivity contribution < 1.29 is 18.2 Å². The second-order valence-electron chi connectivity index (χ2n) is 6.65. The van der Waals surface area contributed by atoms with Crippen LogP contribution in [0.4, 0.5) is 0 Å². The van der Waals surface area contributed by atoms with E-state index in [1.807, 2.05) is 20.3 Å². The molecule has 0 radical (unpaired) electrons.